The van der Waals surface area contributed by atoms with E-state index in [4.69, 9.17) is 16.6 Å². The molecule has 23 nitrogen and oxygen atoms in total. The smallest absolute Gasteiger partial charge is 0.328 e. The predicted molar refractivity (Wildman–Crippen MR) is 215 cm³/mol. The Morgan fingerprint density at radius 1 is 0.689 bits per heavy atom. The highest BCUT2D eigenvalue weighted by Crippen LogP contribution is 2.12. The number of carboxylic acids is 1. The number of nitrogens with one attached hydrogen (secondary N) is 8. The van der Waals surface area contributed by atoms with Gasteiger partial charge < -0.3 is 69.0 Å². The second-order valence-corrected chi connectivity index (χ2v) is 15.6. The number of carbonyl (C=O) groups is 9. The van der Waals surface area contributed by atoms with Crippen molar-refractivity contribution in [3.05, 3.63) is 54.1 Å². The standard InChI is InChI=1S/C38H57N11O12/c1-19(2)28(33(57)44-23(13-21-15-41-18-42-21)29(53)45-25(16-50)31(55)46-26(17-51)34(58)59)48-36(61)38(5,6)49-32(56)22(12-20-10-8-7-9-11-20)43-30(54)24(14-27(39)52)47-35(60)37(3,4)40/h7-11,15,18-19,22-26,28,50-51H,12-14,16-17,40H2,1-6H3,(H2,39,52)(H,41,42)(H,43,54)(H,44,57)(H,45,53)(H,46,55)(H,47,60)(H,48,61)(H,49,56)(H,58,59)/t22-,23-,24-,25-,26-,28-/m0/s1. The minimum Gasteiger partial charge on any atom is -0.480 e. The largest absolute Gasteiger partial charge is 0.480 e. The number of rotatable bonds is 24. The molecule has 2 aromatic rings. The zero-order chi connectivity index (χ0) is 46.2. The molecule has 0 aliphatic carbocycles. The minimum atomic E-state index is -1.77. The van der Waals surface area contributed by atoms with E-state index in [1.54, 1.807) is 44.2 Å². The van der Waals surface area contributed by atoms with E-state index >= 15 is 0 Å². The maximum absolute atomic E-state index is 13.9. The molecule has 2 rings (SSSR count). The number of amides is 8. The average Bonchev–Trinajstić information content (AvgIpc) is 3.69. The van der Waals surface area contributed by atoms with Gasteiger partial charge in [-0.3, -0.25) is 38.4 Å². The number of carboxylic acid groups (broad SMARTS) is 1. The van der Waals surface area contributed by atoms with Crippen LogP contribution in [0.3, 0.4) is 0 Å². The van der Waals surface area contributed by atoms with Crippen molar-refractivity contribution >= 4 is 53.2 Å². The Morgan fingerprint density at radius 3 is 1.72 bits per heavy atom. The first-order valence-electron chi connectivity index (χ1n) is 19.1. The molecular formula is C38H57N11O12. The fraction of sp³-hybridized carbons (Fsp3) is 0.526. The molecule has 0 fully saturated rings. The summed E-state index contributed by atoms with van der Waals surface area (Å²) in [6.07, 6.45) is 1.71. The topological polar surface area (TPSA) is 379 Å². The third-order valence-corrected chi connectivity index (χ3v) is 8.99. The molecule has 0 bridgehead atoms. The number of benzene rings is 1. The number of hydrogen-bond acceptors (Lipinski definition) is 13. The first-order chi connectivity index (χ1) is 28.4. The lowest BCUT2D eigenvalue weighted by Gasteiger charge is -2.32. The lowest BCUT2D eigenvalue weighted by Crippen LogP contribution is -2.64. The number of aliphatic hydroxyl groups is 2. The van der Waals surface area contributed by atoms with E-state index in [0.29, 0.717) is 11.3 Å². The van der Waals surface area contributed by atoms with Crippen molar-refractivity contribution in [2.45, 2.75) is 108 Å². The number of H-pyrrole nitrogens is 1. The summed E-state index contributed by atoms with van der Waals surface area (Å²) in [5.74, 6) is -9.60. The molecule has 0 saturated carbocycles. The molecular weight excluding hydrogens is 802 g/mol. The van der Waals surface area contributed by atoms with Crippen LogP contribution in [0, 0.1) is 5.92 Å². The van der Waals surface area contributed by atoms with Crippen LogP contribution in [0.25, 0.3) is 0 Å². The van der Waals surface area contributed by atoms with E-state index in [-0.39, 0.29) is 12.8 Å². The average molecular weight is 860 g/mol. The maximum Gasteiger partial charge on any atom is 0.328 e. The quantitative estimate of drug-likeness (QED) is 0.0472. The lowest BCUT2D eigenvalue weighted by molar-refractivity contribution is -0.143. The number of nitrogens with zero attached hydrogens (tertiary/aromatic N) is 1. The number of aromatic amines is 1. The number of aromatic nitrogens is 2. The molecule has 0 aliphatic heterocycles. The van der Waals surface area contributed by atoms with Gasteiger partial charge in [0.05, 0.1) is 31.5 Å². The molecule has 0 aliphatic rings. The molecule has 0 spiro atoms. The van der Waals surface area contributed by atoms with Crippen LogP contribution >= 0.6 is 0 Å². The maximum atomic E-state index is 13.9. The van der Waals surface area contributed by atoms with Gasteiger partial charge in [-0.05, 0) is 39.2 Å². The minimum absolute atomic E-state index is 0.104. The Hall–Kier alpha value is -6.46. The molecule has 6 atom stereocenters. The van der Waals surface area contributed by atoms with Crippen LogP contribution in [0.4, 0.5) is 0 Å². The molecule has 1 aromatic heterocycles. The van der Waals surface area contributed by atoms with Crippen molar-refractivity contribution in [1.29, 1.82) is 0 Å². The zero-order valence-electron chi connectivity index (χ0n) is 34.7. The summed E-state index contributed by atoms with van der Waals surface area (Å²) in [7, 11) is 0. The van der Waals surface area contributed by atoms with Gasteiger partial charge in [0.15, 0.2) is 0 Å². The molecule has 23 heteroatoms. The highest BCUT2D eigenvalue weighted by molar-refractivity contribution is 5.99. The SMILES string of the molecule is CC(C)[C@H](NC(=O)C(C)(C)NC(=O)[C@H](Cc1ccccc1)NC(=O)[C@H](CC(N)=O)NC(=O)C(C)(C)N)C(=O)N[C@@H](Cc1cnc[nH]1)C(=O)N[C@@H](CO)C(=O)N[C@@H](CO)C(=O)O. The fourth-order valence-corrected chi connectivity index (χ4v) is 5.41. The highest BCUT2D eigenvalue weighted by atomic mass is 16.4. The Labute approximate surface area is 351 Å². The third kappa shape index (κ3) is 16.3. The van der Waals surface area contributed by atoms with E-state index in [0.717, 1.165) is 0 Å². The summed E-state index contributed by atoms with van der Waals surface area (Å²) in [6, 6.07) is -0.652. The molecule has 1 heterocycles. The van der Waals surface area contributed by atoms with Gasteiger partial charge in [0.1, 0.15) is 41.8 Å². The normalized spacial score (nSPS) is 14.5. The summed E-state index contributed by atoms with van der Waals surface area (Å²) in [5.41, 5.74) is 8.92. The number of hydrogen-bond donors (Lipinski definition) is 13. The number of primary amides is 1. The molecule has 0 radical (unpaired) electrons. The van der Waals surface area contributed by atoms with E-state index in [9.17, 15) is 53.4 Å². The predicted octanol–water partition coefficient (Wildman–Crippen LogP) is -4.66. The van der Waals surface area contributed by atoms with Crippen molar-refractivity contribution in [3.63, 3.8) is 0 Å². The van der Waals surface area contributed by atoms with Gasteiger partial charge in [-0.15, -0.1) is 0 Å². The van der Waals surface area contributed by atoms with Gasteiger partial charge in [0.25, 0.3) is 0 Å². The van der Waals surface area contributed by atoms with E-state index in [1.807, 2.05) is 5.32 Å². The van der Waals surface area contributed by atoms with E-state index in [2.05, 4.69) is 41.9 Å². The summed E-state index contributed by atoms with van der Waals surface area (Å²) < 4.78 is 0. The fourth-order valence-electron chi connectivity index (χ4n) is 5.41. The monoisotopic (exact) mass is 859 g/mol. The number of carbonyl (C=O) groups excluding carboxylic acids is 8. The van der Waals surface area contributed by atoms with Crippen molar-refractivity contribution in [3.8, 4) is 0 Å². The molecule has 336 valence electrons. The molecule has 0 saturated heterocycles. The van der Waals surface area contributed by atoms with Crippen LogP contribution in [0.2, 0.25) is 0 Å². The summed E-state index contributed by atoms with van der Waals surface area (Å²) in [6.45, 7) is 6.63. The van der Waals surface area contributed by atoms with Crippen LogP contribution in [0.15, 0.2) is 42.9 Å². The molecule has 15 N–H and O–H groups in total. The van der Waals surface area contributed by atoms with Gasteiger partial charge in [-0.2, -0.15) is 0 Å². The zero-order valence-corrected chi connectivity index (χ0v) is 34.7. The Kier molecular flexibility index (Phi) is 18.9. The Balaban J connectivity index is 2.32. The van der Waals surface area contributed by atoms with Crippen LogP contribution in [0.5, 0.6) is 0 Å². The van der Waals surface area contributed by atoms with Crippen molar-refractivity contribution in [1.82, 2.24) is 47.2 Å². The van der Waals surface area contributed by atoms with Crippen molar-refractivity contribution in [2.24, 2.45) is 17.4 Å². The number of aliphatic hydroxyl groups excluding tert-OH is 2. The first kappa shape index (κ1) is 50.7. The van der Waals surface area contributed by atoms with Crippen LogP contribution in [0.1, 0.15) is 59.2 Å². The van der Waals surface area contributed by atoms with E-state index < -0.39 is 126 Å². The summed E-state index contributed by atoms with van der Waals surface area (Å²) in [5, 5.41) is 45.1. The van der Waals surface area contributed by atoms with Crippen LogP contribution < -0.4 is 48.7 Å². The van der Waals surface area contributed by atoms with Gasteiger partial charge in [0.2, 0.25) is 47.3 Å². The van der Waals surface area contributed by atoms with E-state index in [1.165, 1.54) is 40.2 Å². The number of nitrogens with two attached hydrogens (primary N) is 2. The first-order valence-corrected chi connectivity index (χ1v) is 19.1. The Morgan fingerprint density at radius 2 is 1.21 bits per heavy atom. The second-order valence-electron chi connectivity index (χ2n) is 15.6. The highest BCUT2D eigenvalue weighted by Gasteiger charge is 2.38. The number of aliphatic carboxylic acids is 1. The molecule has 1 aromatic carbocycles. The number of imidazole rings is 1. The molecule has 0 unspecified atom stereocenters. The van der Waals surface area contributed by atoms with Gasteiger partial charge >= 0.3 is 5.97 Å². The van der Waals surface area contributed by atoms with Gasteiger partial charge in [-0.25, -0.2) is 9.78 Å². The van der Waals surface area contributed by atoms with Gasteiger partial charge in [0, 0.05) is 24.7 Å². The molecule has 61 heavy (non-hydrogen) atoms. The third-order valence-electron chi connectivity index (χ3n) is 8.99. The Bertz CT molecular complexity index is 1870. The molecule has 8 amide bonds. The summed E-state index contributed by atoms with van der Waals surface area (Å²) >= 11 is 0. The van der Waals surface area contributed by atoms with Gasteiger partial charge in [-0.1, -0.05) is 44.2 Å². The van der Waals surface area contributed by atoms with Crippen LogP contribution in [-0.2, 0) is 56.0 Å². The van der Waals surface area contributed by atoms with Crippen molar-refractivity contribution < 1.29 is 58.5 Å². The second kappa shape index (κ2) is 22.8. The lowest BCUT2D eigenvalue weighted by atomic mass is 9.97. The van der Waals surface area contributed by atoms with Crippen molar-refractivity contribution in [2.75, 3.05) is 13.2 Å². The summed E-state index contributed by atoms with van der Waals surface area (Å²) in [4.78, 5) is 124. The van der Waals surface area contributed by atoms with Crippen LogP contribution in [-0.4, -0.2) is 139 Å².